The van der Waals surface area contributed by atoms with E-state index in [1.807, 2.05) is 31.2 Å². The van der Waals surface area contributed by atoms with Gasteiger partial charge in [0.25, 0.3) is 0 Å². The normalized spacial score (nSPS) is 25.6. The predicted octanol–water partition coefficient (Wildman–Crippen LogP) is 16.7. The van der Waals surface area contributed by atoms with Gasteiger partial charge in [-0.3, -0.25) is 0 Å². The van der Waals surface area contributed by atoms with Crippen LogP contribution < -0.4 is 0 Å². The van der Waals surface area contributed by atoms with Crippen molar-refractivity contribution in [2.45, 2.75) is 127 Å². The SMILES string of the molecule is C1CCOC1.C=CC(=C)C.C=CC(=C)C.CC1/C=C\CC(C)/C=C\C1.CC1=CCCC(C)CC=C1.CC1C(C)C(C)C(C)C1C.O=[S-](=O)C(F)(F)F.[CH3-].[CH3-].[CH3-].[Cl][Ru+3].[O]=[Ag]. The molecule has 4 nitrogen and oxygen atoms in total. The summed E-state index contributed by atoms with van der Waals surface area (Å²) in [7, 11) is 0.636. The molecule has 0 bridgehead atoms. The number of hydrogen-bond donors (Lipinski definition) is 0. The molecule has 0 radical (unpaired) electrons. The second-order valence-corrected chi connectivity index (χ2v) is 15.9. The Kier molecular flexibility index (Phi) is 63.6. The van der Waals surface area contributed by atoms with Crippen LogP contribution in [0.5, 0.6) is 0 Å². The number of ether oxygens (including phenoxy) is 1. The maximum atomic E-state index is 10.6. The zero-order chi connectivity index (χ0) is 44.9. The Bertz CT molecular complexity index is 1120. The maximum absolute atomic E-state index is 10.6. The van der Waals surface area contributed by atoms with Crippen LogP contribution in [0, 0.1) is 69.6 Å². The number of rotatable bonds is 2. The Morgan fingerprint density at radius 1 is 0.746 bits per heavy atom. The molecule has 0 aromatic rings. The molecule has 1 saturated carbocycles. The van der Waals surface area contributed by atoms with Crippen molar-refractivity contribution < 1.29 is 67.9 Å². The molecular weight excluding hydrogens is 974 g/mol. The molecule has 0 amide bonds. The second-order valence-electron chi connectivity index (χ2n) is 14.9. The van der Waals surface area contributed by atoms with E-state index in [1.165, 1.54) is 50.5 Å². The summed E-state index contributed by atoms with van der Waals surface area (Å²) in [6, 6.07) is 0. The van der Waals surface area contributed by atoms with Gasteiger partial charge in [0, 0.05) is 23.9 Å². The number of allylic oxidation sites excluding steroid dienone is 12. The number of hydrogen-bond acceptors (Lipinski definition) is 5. The van der Waals surface area contributed by atoms with Gasteiger partial charge in [-0.1, -0.05) is 153 Å². The van der Waals surface area contributed by atoms with E-state index in [2.05, 4.69) is 141 Å². The number of alkyl halides is 3. The fraction of sp³-hybridized carbons (Fsp3) is 0.604. The molecule has 0 spiro atoms. The van der Waals surface area contributed by atoms with Crippen molar-refractivity contribution in [2.24, 2.45) is 47.3 Å². The third-order valence-electron chi connectivity index (χ3n) is 9.85. The van der Waals surface area contributed by atoms with Crippen molar-refractivity contribution in [3.63, 3.8) is 0 Å². The average Bonchev–Trinajstić information content (AvgIpc) is 3.79. The standard InChI is InChI=1S/C10H20.2C10H16.2C5H8.C4H8O.CF3O2S.3CH3.Ag.ClH.O.Ru/c1-6-7(2)9(4)10(5)8(6)3;2*1-9-5-3-7-10(2)8-4-6-9;2*1-4-5(2)3;1-2-4-5-3-1;2-1(3,4)7(5)6;;;;;;;/h6-10H,1-5H3;3,5-6,10H,4,7-8H2,1-2H3;3-5,8-10H,6-7H2,1-2H3;2*4H,1-2H2,3H3;1-4H2;;3*1H3;;1H;;/q;;;;;;4*-1;;;;+4/p-1/b;;5-3-,8-4-;;;;;;;;;;;. The fourth-order valence-corrected chi connectivity index (χ4v) is 5.38. The molecule has 3 atom stereocenters. The molecule has 1 saturated heterocycles. The van der Waals surface area contributed by atoms with E-state index in [-0.39, 0.29) is 22.3 Å². The van der Waals surface area contributed by atoms with E-state index in [0.29, 0.717) is 0 Å². The zero-order valence-corrected chi connectivity index (χ0v) is 44.0. The molecule has 355 valence electrons. The molecular formula is C48H85AgClF3O4RuS-. The molecule has 11 heteroatoms. The van der Waals surface area contributed by atoms with Crippen LogP contribution in [0.3, 0.4) is 0 Å². The van der Waals surface area contributed by atoms with Gasteiger partial charge >= 0.3 is 56.8 Å². The van der Waals surface area contributed by atoms with E-state index in [1.54, 1.807) is 33.2 Å². The van der Waals surface area contributed by atoms with Gasteiger partial charge in [0.2, 0.25) is 0 Å². The van der Waals surface area contributed by atoms with Crippen molar-refractivity contribution in [2.75, 3.05) is 13.2 Å². The quantitative estimate of drug-likeness (QED) is 0.0909. The van der Waals surface area contributed by atoms with Crippen LogP contribution in [-0.2, 0) is 65.5 Å². The van der Waals surface area contributed by atoms with Crippen LogP contribution in [0.4, 0.5) is 13.2 Å². The van der Waals surface area contributed by atoms with Crippen LogP contribution in [0.2, 0.25) is 0 Å². The molecule has 1 heterocycles. The second kappa shape index (κ2) is 49.7. The van der Waals surface area contributed by atoms with Gasteiger partial charge in [-0.15, -0.1) is 0 Å². The Labute approximate surface area is 392 Å². The molecule has 3 aliphatic carbocycles. The van der Waals surface area contributed by atoms with Crippen LogP contribution in [0.25, 0.3) is 0 Å². The summed E-state index contributed by atoms with van der Waals surface area (Å²) in [4.78, 5) is 0. The van der Waals surface area contributed by atoms with Gasteiger partial charge in [-0.05, 0) is 113 Å². The molecule has 1 aliphatic heterocycles. The van der Waals surface area contributed by atoms with Gasteiger partial charge in [-0.25, -0.2) is 0 Å². The molecule has 59 heavy (non-hydrogen) atoms. The Balaban J connectivity index is -0.0000000853. The minimum absolute atomic E-state index is 0. The Hall–Kier alpha value is -0.926. The summed E-state index contributed by atoms with van der Waals surface area (Å²) in [6.07, 6.45) is 28.4. The Morgan fingerprint density at radius 3 is 1.29 bits per heavy atom. The molecule has 3 unspecified atom stereocenters. The van der Waals surface area contributed by atoms with Crippen LogP contribution >= 0.6 is 9.69 Å². The average molecular weight is 1060 g/mol. The first-order valence-corrected chi connectivity index (χ1v) is 23.3. The van der Waals surface area contributed by atoms with E-state index in [0.717, 1.165) is 71.7 Å². The van der Waals surface area contributed by atoms with Gasteiger partial charge in [0.15, 0.2) is 0 Å². The summed E-state index contributed by atoms with van der Waals surface area (Å²) < 4.78 is 62.5. The third-order valence-corrected chi connectivity index (χ3v) is 10.2. The van der Waals surface area contributed by atoms with Gasteiger partial charge in [0.1, 0.15) is 0 Å². The molecule has 0 aromatic carbocycles. The summed E-state index contributed by atoms with van der Waals surface area (Å²) in [5.74, 6) is 7.03. The van der Waals surface area contributed by atoms with Crippen molar-refractivity contribution in [1.29, 1.82) is 0 Å². The minimum atomic E-state index is -5.08. The first kappa shape index (κ1) is 75.4. The molecule has 2 fully saturated rings. The van der Waals surface area contributed by atoms with E-state index in [9.17, 15) is 13.2 Å². The van der Waals surface area contributed by atoms with E-state index >= 15 is 0 Å². The van der Waals surface area contributed by atoms with Gasteiger partial charge in [-0.2, -0.15) is 13.2 Å². The van der Waals surface area contributed by atoms with Crippen LogP contribution in [0.15, 0.2) is 97.7 Å². The monoisotopic (exact) mass is 1060 g/mol. The molecule has 4 aliphatic rings. The summed E-state index contributed by atoms with van der Waals surface area (Å²) in [5.41, 5.74) is -1.62. The van der Waals surface area contributed by atoms with Gasteiger partial charge < -0.3 is 35.4 Å². The first-order chi connectivity index (χ1) is 26.1. The van der Waals surface area contributed by atoms with Crippen LogP contribution in [-0.4, -0.2) is 18.7 Å². The zero-order valence-electron chi connectivity index (χ0n) is 39.2. The molecule has 4 rings (SSSR count). The van der Waals surface area contributed by atoms with Crippen molar-refractivity contribution in [3.05, 3.63) is 120 Å². The van der Waals surface area contributed by atoms with E-state index < -0.39 is 16.2 Å². The first-order valence-electron chi connectivity index (χ1n) is 19.3. The van der Waals surface area contributed by atoms with Crippen molar-refractivity contribution >= 4 is 20.4 Å². The topological polar surface area (TPSA) is 60.4 Å². The van der Waals surface area contributed by atoms with Crippen molar-refractivity contribution in [1.82, 2.24) is 0 Å². The molecule has 0 N–H and O–H groups in total. The summed E-state index contributed by atoms with van der Waals surface area (Å²) >= 11 is 3.52. The van der Waals surface area contributed by atoms with Crippen LogP contribution in [0.1, 0.15) is 121 Å². The van der Waals surface area contributed by atoms with E-state index in [4.69, 9.17) is 16.4 Å². The molecule has 0 aromatic heterocycles. The number of halogens is 4. The third kappa shape index (κ3) is 51.3. The fourth-order valence-electron chi connectivity index (χ4n) is 5.38. The summed E-state index contributed by atoms with van der Waals surface area (Å²) in [5, 5.41) is 0. The van der Waals surface area contributed by atoms with Gasteiger partial charge in [0.05, 0.1) is 0 Å². The predicted molar refractivity (Wildman–Crippen MR) is 248 cm³/mol. The van der Waals surface area contributed by atoms with Crippen molar-refractivity contribution in [3.8, 4) is 0 Å². The Morgan fingerprint density at radius 2 is 1.05 bits per heavy atom. The summed E-state index contributed by atoms with van der Waals surface area (Å²) in [6.45, 7) is 40.9.